The molecule has 152 valence electrons. The van der Waals surface area contributed by atoms with Crippen molar-refractivity contribution < 1.29 is 9.34 Å². The highest BCUT2D eigenvalue weighted by Crippen LogP contribution is 2.27. The van der Waals surface area contributed by atoms with E-state index in [9.17, 15) is 14.9 Å². The van der Waals surface area contributed by atoms with Gasteiger partial charge in [-0.25, -0.2) is 0 Å². The molecule has 10 heteroatoms. The standard InChI is InChI=1S/C21H11BrN4O4S/c22-16-7-2-1-6-15(16)19-23-21-25(24-19)20(27)18(31-21)11-14-8-9-17(30-14)12-4-3-5-13(10-12)26(28)29/h1-11H/b18-11-. The number of non-ortho nitro benzene ring substituents is 1. The number of hydrogen-bond acceptors (Lipinski definition) is 7. The fourth-order valence-corrected chi connectivity index (χ4v) is 4.43. The van der Waals surface area contributed by atoms with Crippen molar-refractivity contribution in [3.63, 3.8) is 0 Å². The monoisotopic (exact) mass is 494 g/mol. The highest BCUT2D eigenvalue weighted by molar-refractivity contribution is 9.10. The van der Waals surface area contributed by atoms with E-state index in [1.54, 1.807) is 30.3 Å². The molecular formula is C21H11BrN4O4S. The lowest BCUT2D eigenvalue weighted by atomic mass is 10.1. The molecule has 0 bridgehead atoms. The Labute approximate surface area is 186 Å². The van der Waals surface area contributed by atoms with Gasteiger partial charge in [-0.3, -0.25) is 14.9 Å². The van der Waals surface area contributed by atoms with E-state index in [1.165, 1.54) is 28.0 Å². The van der Waals surface area contributed by atoms with E-state index in [4.69, 9.17) is 4.42 Å². The topological polar surface area (TPSA) is 104 Å². The van der Waals surface area contributed by atoms with Crippen LogP contribution >= 0.6 is 27.3 Å². The normalized spacial score (nSPS) is 12.0. The van der Waals surface area contributed by atoms with Gasteiger partial charge < -0.3 is 4.42 Å². The largest absolute Gasteiger partial charge is 0.457 e. The third-order valence-electron chi connectivity index (χ3n) is 4.54. The number of hydrogen-bond donors (Lipinski definition) is 0. The van der Waals surface area contributed by atoms with Crippen LogP contribution in [0.25, 0.3) is 33.7 Å². The SMILES string of the molecule is O=c1/c(=C/c2ccc(-c3cccc([N+](=O)[O-])c3)o2)sc2nc(-c3ccccc3Br)nn12. The lowest BCUT2D eigenvalue weighted by molar-refractivity contribution is -0.384. The van der Waals surface area contributed by atoms with Gasteiger partial charge in [-0.2, -0.15) is 9.50 Å². The summed E-state index contributed by atoms with van der Waals surface area (Å²) in [7, 11) is 0. The molecule has 5 aromatic rings. The lowest BCUT2D eigenvalue weighted by Crippen LogP contribution is -2.23. The third kappa shape index (κ3) is 3.56. The molecule has 31 heavy (non-hydrogen) atoms. The van der Waals surface area contributed by atoms with Crippen LogP contribution in [0.3, 0.4) is 0 Å². The van der Waals surface area contributed by atoms with Crippen molar-refractivity contribution in [1.82, 2.24) is 14.6 Å². The van der Waals surface area contributed by atoms with E-state index in [0.717, 1.165) is 10.0 Å². The number of halogens is 1. The summed E-state index contributed by atoms with van der Waals surface area (Å²) < 4.78 is 8.32. The summed E-state index contributed by atoms with van der Waals surface area (Å²) in [6, 6.07) is 17.1. The fraction of sp³-hybridized carbons (Fsp3) is 0. The minimum Gasteiger partial charge on any atom is -0.457 e. The molecule has 3 heterocycles. The number of fused-ring (bicyclic) bond motifs is 1. The summed E-state index contributed by atoms with van der Waals surface area (Å²) in [6.45, 7) is 0. The minimum absolute atomic E-state index is 0.0207. The number of rotatable bonds is 4. The summed E-state index contributed by atoms with van der Waals surface area (Å²) in [5.74, 6) is 1.39. The molecule has 0 aliphatic heterocycles. The van der Waals surface area contributed by atoms with Gasteiger partial charge in [-0.15, -0.1) is 5.10 Å². The van der Waals surface area contributed by atoms with Gasteiger partial charge in [0.1, 0.15) is 16.1 Å². The van der Waals surface area contributed by atoms with Gasteiger partial charge in [0.05, 0.1) is 4.92 Å². The molecule has 0 aliphatic rings. The zero-order valence-corrected chi connectivity index (χ0v) is 18.0. The smallest absolute Gasteiger partial charge is 0.291 e. The van der Waals surface area contributed by atoms with Gasteiger partial charge in [0.15, 0.2) is 5.82 Å². The molecule has 3 aromatic heterocycles. The highest BCUT2D eigenvalue weighted by Gasteiger charge is 2.14. The maximum Gasteiger partial charge on any atom is 0.291 e. The Morgan fingerprint density at radius 2 is 1.97 bits per heavy atom. The summed E-state index contributed by atoms with van der Waals surface area (Å²) in [5, 5.41) is 15.3. The molecule has 0 unspecified atom stereocenters. The van der Waals surface area contributed by atoms with Crippen LogP contribution in [-0.4, -0.2) is 19.5 Å². The molecule has 0 radical (unpaired) electrons. The number of thiazole rings is 1. The van der Waals surface area contributed by atoms with Crippen molar-refractivity contribution in [3.05, 3.63) is 95.9 Å². The van der Waals surface area contributed by atoms with E-state index in [2.05, 4.69) is 26.0 Å². The van der Waals surface area contributed by atoms with Crippen molar-refractivity contribution in [2.24, 2.45) is 0 Å². The van der Waals surface area contributed by atoms with Gasteiger partial charge in [0.2, 0.25) is 4.96 Å². The van der Waals surface area contributed by atoms with E-state index < -0.39 is 4.92 Å². The average molecular weight is 495 g/mol. The van der Waals surface area contributed by atoms with Crippen molar-refractivity contribution in [2.75, 3.05) is 0 Å². The second kappa shape index (κ2) is 7.56. The Balaban J connectivity index is 1.51. The first-order valence-corrected chi connectivity index (χ1v) is 10.6. The summed E-state index contributed by atoms with van der Waals surface area (Å²) in [6.07, 6.45) is 1.61. The Hall–Kier alpha value is -3.63. The van der Waals surface area contributed by atoms with Crippen molar-refractivity contribution >= 4 is 44.0 Å². The summed E-state index contributed by atoms with van der Waals surface area (Å²) >= 11 is 4.68. The molecule has 0 saturated heterocycles. The van der Waals surface area contributed by atoms with Crippen LogP contribution in [0, 0.1) is 10.1 Å². The van der Waals surface area contributed by atoms with Crippen molar-refractivity contribution in [1.29, 1.82) is 0 Å². The Kier molecular flexibility index (Phi) is 4.72. The summed E-state index contributed by atoms with van der Waals surface area (Å²) in [4.78, 5) is 28.2. The second-order valence-electron chi connectivity index (χ2n) is 6.53. The molecule has 0 fully saturated rings. The molecule has 5 rings (SSSR count). The van der Waals surface area contributed by atoms with Crippen molar-refractivity contribution in [3.8, 4) is 22.7 Å². The van der Waals surface area contributed by atoms with Crippen LogP contribution in [0.15, 0.2) is 74.3 Å². The molecule has 0 spiro atoms. The zero-order chi connectivity index (χ0) is 21.5. The maximum absolute atomic E-state index is 12.8. The Morgan fingerprint density at radius 3 is 2.74 bits per heavy atom. The van der Waals surface area contributed by atoms with Crippen LogP contribution in [0.1, 0.15) is 5.76 Å². The van der Waals surface area contributed by atoms with E-state index in [1.807, 2.05) is 24.3 Å². The predicted octanol–water partition coefficient (Wildman–Crippen LogP) is 4.30. The first-order valence-electron chi connectivity index (χ1n) is 9.00. The van der Waals surface area contributed by atoms with Crippen LogP contribution in [0.4, 0.5) is 5.69 Å². The first-order chi connectivity index (χ1) is 15.0. The van der Waals surface area contributed by atoms with Gasteiger partial charge in [0, 0.05) is 33.8 Å². The van der Waals surface area contributed by atoms with Crippen molar-refractivity contribution in [2.45, 2.75) is 0 Å². The molecule has 0 saturated carbocycles. The second-order valence-corrected chi connectivity index (χ2v) is 8.40. The number of furan rings is 1. The van der Waals surface area contributed by atoms with Crippen LogP contribution in [-0.2, 0) is 0 Å². The van der Waals surface area contributed by atoms with Gasteiger partial charge >= 0.3 is 0 Å². The van der Waals surface area contributed by atoms with E-state index in [0.29, 0.717) is 32.4 Å². The minimum atomic E-state index is -0.458. The number of nitrogens with zero attached hydrogens (tertiary/aromatic N) is 4. The van der Waals surface area contributed by atoms with Crippen LogP contribution in [0.2, 0.25) is 0 Å². The number of aromatic nitrogens is 3. The molecule has 8 nitrogen and oxygen atoms in total. The average Bonchev–Trinajstić information content (AvgIpc) is 3.46. The molecule has 2 aromatic carbocycles. The lowest BCUT2D eigenvalue weighted by Gasteiger charge is -1.97. The predicted molar refractivity (Wildman–Crippen MR) is 120 cm³/mol. The Morgan fingerprint density at radius 1 is 1.13 bits per heavy atom. The molecule has 0 aliphatic carbocycles. The maximum atomic E-state index is 12.8. The van der Waals surface area contributed by atoms with Gasteiger partial charge in [-0.05, 0) is 24.3 Å². The number of nitro benzene ring substituents is 1. The molecule has 0 atom stereocenters. The quantitative estimate of drug-likeness (QED) is 0.272. The van der Waals surface area contributed by atoms with E-state index in [-0.39, 0.29) is 11.2 Å². The number of nitro groups is 1. The first kappa shape index (κ1) is 19.3. The Bertz CT molecular complexity index is 1570. The van der Waals surface area contributed by atoms with Gasteiger partial charge in [-0.1, -0.05) is 51.5 Å². The van der Waals surface area contributed by atoms with Crippen LogP contribution < -0.4 is 10.1 Å². The zero-order valence-electron chi connectivity index (χ0n) is 15.6. The highest BCUT2D eigenvalue weighted by atomic mass is 79.9. The fourth-order valence-electron chi connectivity index (χ4n) is 3.08. The van der Waals surface area contributed by atoms with E-state index >= 15 is 0 Å². The number of benzene rings is 2. The van der Waals surface area contributed by atoms with Crippen LogP contribution in [0.5, 0.6) is 0 Å². The van der Waals surface area contributed by atoms with Gasteiger partial charge in [0.25, 0.3) is 11.2 Å². The molecule has 0 N–H and O–H groups in total. The third-order valence-corrected chi connectivity index (χ3v) is 6.19. The summed E-state index contributed by atoms with van der Waals surface area (Å²) in [5.41, 5.74) is 1.07. The molecule has 0 amide bonds. The molecular weight excluding hydrogens is 484 g/mol.